The fraction of sp³-hybridized carbons (Fsp3) is 0.375. The zero-order chi connectivity index (χ0) is 18.1. The van der Waals surface area contributed by atoms with Crippen molar-refractivity contribution in [1.29, 1.82) is 0 Å². The Balaban J connectivity index is 2.17. The Kier molecular flexibility index (Phi) is 5.10. The van der Waals surface area contributed by atoms with Crippen LogP contribution in [-0.4, -0.2) is 35.8 Å². The molecule has 24 heavy (non-hydrogen) atoms. The number of hydrogen-bond acceptors (Lipinski definition) is 4. The van der Waals surface area contributed by atoms with Gasteiger partial charge in [0.1, 0.15) is 0 Å². The minimum Gasteiger partial charge on any atom is -0.478 e. The lowest BCUT2D eigenvalue weighted by molar-refractivity contribution is 0.0696. The predicted octanol–water partition coefficient (Wildman–Crippen LogP) is 1.56. The number of carbonyl (C=O) groups is 1. The van der Waals surface area contributed by atoms with Crippen LogP contribution in [-0.2, 0) is 23.5 Å². The topological polar surface area (TPSA) is 101 Å². The Morgan fingerprint density at radius 3 is 2.50 bits per heavy atom. The number of aromatic nitrogens is 2. The molecular formula is C16H21N3O4S. The zero-order valence-corrected chi connectivity index (χ0v) is 14.9. The summed E-state index contributed by atoms with van der Waals surface area (Å²) >= 11 is 0. The second kappa shape index (κ2) is 6.74. The summed E-state index contributed by atoms with van der Waals surface area (Å²) < 4.78 is 29.2. The van der Waals surface area contributed by atoms with Crippen molar-refractivity contribution in [2.24, 2.45) is 7.05 Å². The molecule has 0 amide bonds. The van der Waals surface area contributed by atoms with Crippen molar-refractivity contribution in [2.75, 3.05) is 6.54 Å². The summed E-state index contributed by atoms with van der Waals surface area (Å²) in [6.45, 7) is 5.67. The molecule has 7 nitrogen and oxygen atoms in total. The minimum atomic E-state index is -3.78. The zero-order valence-electron chi connectivity index (χ0n) is 14.1. The van der Waals surface area contributed by atoms with Crippen LogP contribution < -0.4 is 4.72 Å². The molecule has 0 aliphatic rings. The third-order valence-corrected chi connectivity index (χ3v) is 5.65. The molecule has 8 heteroatoms. The number of sulfonamides is 1. The summed E-state index contributed by atoms with van der Waals surface area (Å²) in [5.74, 6) is -1.16. The molecule has 1 heterocycles. The summed E-state index contributed by atoms with van der Waals surface area (Å²) in [5, 5.41) is 13.3. The quantitative estimate of drug-likeness (QED) is 0.822. The van der Waals surface area contributed by atoms with E-state index in [2.05, 4.69) is 9.82 Å². The molecule has 1 aromatic carbocycles. The molecule has 130 valence electrons. The lowest BCUT2D eigenvalue weighted by Gasteiger charge is -2.10. The van der Waals surface area contributed by atoms with E-state index in [0.29, 0.717) is 12.0 Å². The molecule has 0 radical (unpaired) electrons. The van der Waals surface area contributed by atoms with E-state index >= 15 is 0 Å². The summed E-state index contributed by atoms with van der Waals surface area (Å²) in [4.78, 5) is 11.0. The normalized spacial score (nSPS) is 11.7. The average molecular weight is 351 g/mol. The van der Waals surface area contributed by atoms with Gasteiger partial charge in [-0.1, -0.05) is 6.07 Å². The smallest absolute Gasteiger partial charge is 0.335 e. The summed E-state index contributed by atoms with van der Waals surface area (Å²) in [6.07, 6.45) is 0.516. The highest BCUT2D eigenvalue weighted by Crippen LogP contribution is 2.18. The fourth-order valence-corrected chi connectivity index (χ4v) is 3.89. The number of rotatable bonds is 6. The van der Waals surface area contributed by atoms with Gasteiger partial charge in [0.25, 0.3) is 0 Å². The van der Waals surface area contributed by atoms with Crippen LogP contribution in [0.25, 0.3) is 0 Å². The number of benzene rings is 1. The van der Waals surface area contributed by atoms with E-state index in [1.807, 2.05) is 20.9 Å². The molecule has 2 aromatic rings. The number of carboxylic acids is 1. The van der Waals surface area contributed by atoms with Crippen molar-refractivity contribution in [1.82, 2.24) is 14.5 Å². The molecule has 0 bridgehead atoms. The molecule has 0 aliphatic heterocycles. The lowest BCUT2D eigenvalue weighted by atomic mass is 10.1. The van der Waals surface area contributed by atoms with Gasteiger partial charge in [-0.2, -0.15) is 5.10 Å². The van der Waals surface area contributed by atoms with Crippen molar-refractivity contribution in [3.8, 4) is 0 Å². The van der Waals surface area contributed by atoms with E-state index in [1.54, 1.807) is 11.6 Å². The van der Waals surface area contributed by atoms with Crippen LogP contribution in [0.2, 0.25) is 0 Å². The minimum absolute atomic E-state index is 0.0120. The molecule has 2 N–H and O–H groups in total. The van der Waals surface area contributed by atoms with Crippen molar-refractivity contribution in [2.45, 2.75) is 32.1 Å². The van der Waals surface area contributed by atoms with Gasteiger partial charge >= 0.3 is 5.97 Å². The summed E-state index contributed by atoms with van der Waals surface area (Å²) in [7, 11) is -1.93. The van der Waals surface area contributed by atoms with Crippen LogP contribution in [0.1, 0.15) is 32.9 Å². The molecule has 0 fully saturated rings. The first-order chi connectivity index (χ1) is 11.1. The van der Waals surface area contributed by atoms with Gasteiger partial charge in [0.2, 0.25) is 10.0 Å². The number of carboxylic acid groups (broad SMARTS) is 1. The Hall–Kier alpha value is -2.19. The monoisotopic (exact) mass is 351 g/mol. The van der Waals surface area contributed by atoms with Gasteiger partial charge in [0.15, 0.2) is 0 Å². The van der Waals surface area contributed by atoms with Crippen LogP contribution >= 0.6 is 0 Å². The van der Waals surface area contributed by atoms with E-state index in [-0.39, 0.29) is 17.0 Å². The fourth-order valence-electron chi connectivity index (χ4n) is 2.59. The molecule has 1 aromatic heterocycles. The third-order valence-electron chi connectivity index (χ3n) is 4.05. The number of nitrogens with one attached hydrogen (secondary N) is 1. The second-order valence-electron chi connectivity index (χ2n) is 5.71. The largest absolute Gasteiger partial charge is 0.478 e. The second-order valence-corrected chi connectivity index (χ2v) is 7.44. The van der Waals surface area contributed by atoms with Gasteiger partial charge in [-0.25, -0.2) is 17.9 Å². The molecule has 0 atom stereocenters. The van der Waals surface area contributed by atoms with Gasteiger partial charge in [0.05, 0.1) is 16.2 Å². The molecule has 0 aliphatic carbocycles. The SMILES string of the molecule is Cc1ccc(C(=O)O)cc1S(=O)(=O)NCCc1c(C)nn(C)c1C. The molecular weight excluding hydrogens is 330 g/mol. The van der Waals surface area contributed by atoms with Crippen LogP contribution in [0, 0.1) is 20.8 Å². The van der Waals surface area contributed by atoms with Gasteiger partial charge in [0, 0.05) is 19.3 Å². The molecule has 2 rings (SSSR count). The molecule has 0 unspecified atom stereocenters. The van der Waals surface area contributed by atoms with E-state index in [1.165, 1.54) is 18.2 Å². The highest BCUT2D eigenvalue weighted by atomic mass is 32.2. The van der Waals surface area contributed by atoms with Crippen molar-refractivity contribution >= 4 is 16.0 Å². The maximum absolute atomic E-state index is 12.5. The van der Waals surface area contributed by atoms with Gasteiger partial charge < -0.3 is 5.11 Å². The number of aryl methyl sites for hydroxylation is 3. The lowest BCUT2D eigenvalue weighted by Crippen LogP contribution is -2.27. The van der Waals surface area contributed by atoms with Gasteiger partial charge in [-0.15, -0.1) is 0 Å². The van der Waals surface area contributed by atoms with Crippen LogP contribution in [0.3, 0.4) is 0 Å². The highest BCUT2D eigenvalue weighted by molar-refractivity contribution is 7.89. The van der Waals surface area contributed by atoms with Crippen LogP contribution in [0.15, 0.2) is 23.1 Å². The Bertz CT molecular complexity index is 885. The maximum atomic E-state index is 12.5. The molecule has 0 spiro atoms. The molecule has 0 saturated heterocycles. The molecule has 0 saturated carbocycles. The Morgan fingerprint density at radius 1 is 1.29 bits per heavy atom. The number of aromatic carboxylic acids is 1. The van der Waals surface area contributed by atoms with Crippen molar-refractivity contribution < 1.29 is 18.3 Å². The van der Waals surface area contributed by atoms with Crippen molar-refractivity contribution in [3.05, 3.63) is 46.3 Å². The standard InChI is InChI=1S/C16H21N3O4S/c1-10-5-6-13(16(20)21)9-15(10)24(22,23)17-8-7-14-11(2)18-19(4)12(14)3/h5-6,9,17H,7-8H2,1-4H3,(H,20,21). The maximum Gasteiger partial charge on any atom is 0.335 e. The first kappa shape index (κ1) is 18.2. The Morgan fingerprint density at radius 2 is 1.96 bits per heavy atom. The Labute approximate surface area is 141 Å². The van der Waals surface area contributed by atoms with E-state index in [0.717, 1.165) is 17.0 Å². The summed E-state index contributed by atoms with van der Waals surface area (Å²) in [5.41, 5.74) is 3.33. The first-order valence-electron chi connectivity index (χ1n) is 7.46. The highest BCUT2D eigenvalue weighted by Gasteiger charge is 2.19. The van der Waals surface area contributed by atoms with E-state index in [4.69, 9.17) is 5.11 Å². The average Bonchev–Trinajstić information content (AvgIpc) is 2.73. The van der Waals surface area contributed by atoms with Crippen LogP contribution in [0.5, 0.6) is 0 Å². The van der Waals surface area contributed by atoms with Gasteiger partial charge in [-0.3, -0.25) is 4.68 Å². The van der Waals surface area contributed by atoms with Crippen LogP contribution in [0.4, 0.5) is 0 Å². The summed E-state index contributed by atoms with van der Waals surface area (Å²) in [6, 6.07) is 4.06. The van der Waals surface area contributed by atoms with Gasteiger partial charge in [-0.05, 0) is 50.5 Å². The number of hydrogen-bond donors (Lipinski definition) is 2. The van der Waals surface area contributed by atoms with E-state index < -0.39 is 16.0 Å². The first-order valence-corrected chi connectivity index (χ1v) is 8.94. The third kappa shape index (κ3) is 3.65. The number of nitrogens with zero attached hydrogens (tertiary/aromatic N) is 2. The predicted molar refractivity (Wildman–Crippen MR) is 89.7 cm³/mol. The van der Waals surface area contributed by atoms with E-state index in [9.17, 15) is 13.2 Å². The van der Waals surface area contributed by atoms with Crippen molar-refractivity contribution in [3.63, 3.8) is 0 Å².